The molecule has 28 nitrogen and oxygen atoms in total. The Kier molecular flexibility index (Phi) is 36.1. The number of hydrogen-bond donors (Lipinski definition) is 15. The topological polar surface area (TPSA) is 510 Å². The van der Waals surface area contributed by atoms with Crippen LogP contribution < -0.4 is 61.0 Å². The lowest BCUT2D eigenvalue weighted by molar-refractivity contribution is -0.142. The Balaban J connectivity index is 3.45. The van der Waals surface area contributed by atoms with E-state index in [0.29, 0.717) is 24.8 Å². The number of rotatable bonds is 46. The van der Waals surface area contributed by atoms with Gasteiger partial charge in [-0.1, -0.05) is 53.2 Å². The van der Waals surface area contributed by atoms with Crippen LogP contribution in [0.25, 0.3) is 0 Å². The molecule has 86 heavy (non-hydrogen) atoms. The van der Waals surface area contributed by atoms with Gasteiger partial charge in [0.15, 0.2) is 35.1 Å². The zero-order chi connectivity index (χ0) is 65.2. The van der Waals surface area contributed by atoms with Crippen molar-refractivity contribution in [1.29, 1.82) is 0 Å². The number of nitrogens with two attached hydrogens (primary N) is 6. The van der Waals surface area contributed by atoms with E-state index >= 15 is 0 Å². The number of primary amides is 1. The number of nitrogens with zero attached hydrogens (tertiary/aromatic N) is 2. The van der Waals surface area contributed by atoms with E-state index in [-0.39, 0.29) is 106 Å². The van der Waals surface area contributed by atoms with Crippen molar-refractivity contribution < 1.29 is 73.2 Å². The van der Waals surface area contributed by atoms with Gasteiger partial charge in [-0.25, -0.2) is 0 Å². The average molecular weight is 1220 g/mol. The fourth-order valence-corrected chi connectivity index (χ4v) is 9.50. The van der Waals surface area contributed by atoms with Crippen LogP contribution in [0.15, 0.2) is 34.3 Å². The number of aliphatic carboxylic acids is 1. The lowest BCUT2D eigenvalue weighted by Gasteiger charge is -2.26. The zero-order valence-corrected chi connectivity index (χ0v) is 50.7. The standard InChI is InChI=1S/C58H97N13O15/c1-7-36(22-32(2)3)53(83)68-43(14-11-21-66-58(63)64)47(76)27-39(31-72)52(82)67-30-41(75)28-42(34(6)73)56(86)70-45(29-50(79)80)49(78)25-37(12-8-9-19-59)54(84)69-44(24-35-15-17-40(74)18-16-35)48(77)26-38(13-10-20-65-57(61)62)55(85)71-46(51(60)81)23-33(4)5/h15-18,32-34,36-39,42-46,72-74H,7-14,19-31,59H2,1-6H3,(H2,60,81)(H,67,82)(H,68,83)(H,69,84)(H,70,86)(H,71,85)(H,79,80)(H4,61,62,65)(H4,63,64,66)/t34-,36+,37-,38-,39+,42+,43+,44+,45+,46+/m1/s1. The maximum absolute atomic E-state index is 14.5. The number of guanidine groups is 2. The predicted octanol–water partition coefficient (Wildman–Crippen LogP) is -1.02. The van der Waals surface area contributed by atoms with Crippen LogP contribution >= 0.6 is 0 Å². The fourth-order valence-electron chi connectivity index (χ4n) is 9.50. The van der Waals surface area contributed by atoms with Crippen LogP contribution in [0.5, 0.6) is 5.75 Å². The molecular weight excluding hydrogens is 1120 g/mol. The Labute approximate surface area is 503 Å². The Morgan fingerprint density at radius 2 is 1.02 bits per heavy atom. The molecule has 10 atom stereocenters. The number of unbranched alkanes of at least 4 members (excludes halogenated alkanes) is 1. The van der Waals surface area contributed by atoms with Crippen LogP contribution in [0, 0.1) is 41.4 Å². The first-order valence-corrected chi connectivity index (χ1v) is 29.4. The van der Waals surface area contributed by atoms with E-state index in [0.717, 1.165) is 6.92 Å². The van der Waals surface area contributed by atoms with Crippen molar-refractivity contribution >= 4 is 76.5 Å². The Bertz CT molecular complexity index is 2450. The van der Waals surface area contributed by atoms with Gasteiger partial charge in [0, 0.05) is 56.5 Å². The summed E-state index contributed by atoms with van der Waals surface area (Å²) in [6, 6.07) is 0.407. The number of carbonyl (C=O) groups excluding carboxylic acids is 10. The van der Waals surface area contributed by atoms with Gasteiger partial charge in [-0.05, 0) is 107 Å². The van der Waals surface area contributed by atoms with E-state index in [2.05, 4.69) is 36.6 Å². The number of benzene rings is 1. The first-order valence-electron chi connectivity index (χ1n) is 29.4. The maximum Gasteiger partial charge on any atom is 0.305 e. The van der Waals surface area contributed by atoms with Crippen molar-refractivity contribution in [3.05, 3.63) is 29.8 Å². The molecule has 1 aromatic rings. The first kappa shape index (κ1) is 76.4. The molecule has 1 aromatic carbocycles. The number of amides is 6. The lowest BCUT2D eigenvalue weighted by atomic mass is 9.88. The molecule has 21 N–H and O–H groups in total. The first-order chi connectivity index (χ1) is 40.4. The maximum atomic E-state index is 14.5. The summed E-state index contributed by atoms with van der Waals surface area (Å²) in [6.07, 6.45) is -2.62. The molecular formula is C58H97N13O15. The van der Waals surface area contributed by atoms with Crippen molar-refractivity contribution in [2.75, 3.05) is 32.8 Å². The van der Waals surface area contributed by atoms with Gasteiger partial charge in [-0.3, -0.25) is 62.7 Å². The van der Waals surface area contributed by atoms with Gasteiger partial charge in [0.05, 0.1) is 55.6 Å². The molecule has 0 aliphatic rings. The number of nitrogens with one attached hydrogen (secondary N) is 5. The number of aliphatic hydroxyl groups excluding tert-OH is 2. The lowest BCUT2D eigenvalue weighted by Crippen LogP contribution is -2.50. The van der Waals surface area contributed by atoms with E-state index in [1.807, 2.05) is 34.6 Å². The van der Waals surface area contributed by atoms with E-state index in [1.165, 1.54) is 24.3 Å². The minimum Gasteiger partial charge on any atom is -0.508 e. The number of aliphatic hydroxyl groups is 2. The minimum absolute atomic E-state index is 0.0136. The summed E-state index contributed by atoms with van der Waals surface area (Å²) < 4.78 is 0. The number of Topliss-reactive ketones (excluding diaryl/α,β-unsaturated/α-hetero) is 4. The van der Waals surface area contributed by atoms with Crippen molar-refractivity contribution in [3.63, 3.8) is 0 Å². The van der Waals surface area contributed by atoms with Crippen LogP contribution in [-0.4, -0.2) is 160 Å². The zero-order valence-electron chi connectivity index (χ0n) is 50.7. The van der Waals surface area contributed by atoms with E-state index in [1.54, 1.807) is 0 Å². The van der Waals surface area contributed by atoms with Gasteiger partial charge in [0.25, 0.3) is 0 Å². The number of aromatic hydroxyl groups is 1. The smallest absolute Gasteiger partial charge is 0.305 e. The van der Waals surface area contributed by atoms with Crippen LogP contribution in [0.1, 0.15) is 143 Å². The number of ketones is 4. The second-order valence-corrected chi connectivity index (χ2v) is 22.8. The number of hydrogen-bond acceptors (Lipinski definition) is 17. The number of phenolic OH excluding ortho intramolecular Hbond substituents is 1. The van der Waals surface area contributed by atoms with Gasteiger partial charge in [-0.15, -0.1) is 0 Å². The molecule has 0 heterocycles. The molecule has 0 saturated carbocycles. The summed E-state index contributed by atoms with van der Waals surface area (Å²) in [6.45, 7) is 9.41. The highest BCUT2D eigenvalue weighted by Gasteiger charge is 2.36. The Morgan fingerprint density at radius 3 is 1.51 bits per heavy atom. The van der Waals surface area contributed by atoms with Gasteiger partial charge in [0.1, 0.15) is 11.8 Å². The predicted molar refractivity (Wildman–Crippen MR) is 321 cm³/mol. The third-order valence-corrected chi connectivity index (χ3v) is 14.3. The molecule has 484 valence electrons. The van der Waals surface area contributed by atoms with E-state index in [9.17, 15) is 73.2 Å². The molecule has 0 saturated heterocycles. The van der Waals surface area contributed by atoms with E-state index < -0.39 is 164 Å². The average Bonchev–Trinajstić information content (AvgIpc) is 2.74. The number of aliphatic imine (C=N–C) groups is 2. The number of carboxylic acid groups (broad SMARTS) is 1. The number of carbonyl (C=O) groups is 11. The summed E-state index contributed by atoms with van der Waals surface area (Å²) >= 11 is 0. The molecule has 0 spiro atoms. The second-order valence-electron chi connectivity index (χ2n) is 22.8. The molecule has 0 aliphatic heterocycles. The summed E-state index contributed by atoms with van der Waals surface area (Å²) in [5.41, 5.74) is 33.7. The highest BCUT2D eigenvalue weighted by molar-refractivity contribution is 5.99. The van der Waals surface area contributed by atoms with Crippen molar-refractivity contribution in [2.45, 2.75) is 175 Å². The van der Waals surface area contributed by atoms with Crippen LogP contribution in [0.4, 0.5) is 0 Å². The summed E-state index contributed by atoms with van der Waals surface area (Å²) in [7, 11) is 0. The summed E-state index contributed by atoms with van der Waals surface area (Å²) in [5.74, 6) is -15.3. The van der Waals surface area contributed by atoms with Gasteiger partial charge < -0.3 is 81.4 Å². The summed E-state index contributed by atoms with van der Waals surface area (Å²) in [5, 5.41) is 53.6. The normalized spacial score (nSPS) is 14.7. The second kappa shape index (κ2) is 40.7. The van der Waals surface area contributed by atoms with Crippen molar-refractivity contribution in [1.82, 2.24) is 26.6 Å². The minimum atomic E-state index is -1.82. The van der Waals surface area contributed by atoms with Gasteiger partial charge >= 0.3 is 5.97 Å². The Hall–Kier alpha value is -7.59. The molecule has 0 bridgehead atoms. The van der Waals surface area contributed by atoms with Crippen LogP contribution in [0.3, 0.4) is 0 Å². The van der Waals surface area contributed by atoms with Gasteiger partial charge in [0.2, 0.25) is 35.4 Å². The van der Waals surface area contributed by atoms with E-state index in [4.69, 9.17) is 34.4 Å². The summed E-state index contributed by atoms with van der Waals surface area (Å²) in [4.78, 5) is 157. The molecule has 1 rings (SSSR count). The van der Waals surface area contributed by atoms with Crippen molar-refractivity contribution in [3.8, 4) is 5.75 Å². The highest BCUT2D eigenvalue weighted by Crippen LogP contribution is 2.23. The third-order valence-electron chi connectivity index (χ3n) is 14.3. The van der Waals surface area contributed by atoms with Gasteiger partial charge in [-0.2, -0.15) is 0 Å². The number of carboxylic acids is 1. The largest absolute Gasteiger partial charge is 0.508 e. The van der Waals surface area contributed by atoms with Crippen LogP contribution in [0.2, 0.25) is 0 Å². The van der Waals surface area contributed by atoms with Crippen molar-refractivity contribution in [2.24, 2.45) is 85.8 Å². The molecule has 0 radical (unpaired) electrons. The molecule has 6 amide bonds. The quantitative estimate of drug-likeness (QED) is 0.0211. The molecule has 28 heteroatoms. The highest BCUT2D eigenvalue weighted by atomic mass is 16.4. The third kappa shape index (κ3) is 31.0. The Morgan fingerprint density at radius 1 is 0.547 bits per heavy atom. The SMILES string of the molecule is CC[C@@H](CC(C)C)C(=O)N[C@@H](CCCN=C(N)N)C(=O)C[C@@H](CO)C(=O)NCC(=O)C[C@H](C(=O)N[C@@H](CC(=O)O)C(=O)C[C@@H](CCCCN)C(=O)N[C@@H](Cc1ccc(O)cc1)C(=O)C[C@@H](CCCN=C(N)N)C(=O)N[C@@H](CC(C)C)C(N)=O)[C@@H](C)O. The monoisotopic (exact) mass is 1220 g/mol. The fraction of sp³-hybridized carbons (Fsp3) is 0.672. The molecule has 0 unspecified atom stereocenters. The van der Waals surface area contributed by atoms with Crippen LogP contribution in [-0.2, 0) is 59.2 Å². The molecule has 0 fully saturated rings. The number of phenols is 1. The molecule has 0 aromatic heterocycles. The molecule has 0 aliphatic carbocycles.